The lowest BCUT2D eigenvalue weighted by molar-refractivity contribution is -0.106. The third-order valence-corrected chi connectivity index (χ3v) is 1.01. The van der Waals surface area contributed by atoms with Crippen molar-refractivity contribution in [2.24, 2.45) is 0 Å². The van der Waals surface area contributed by atoms with Crippen molar-refractivity contribution in [2.75, 3.05) is 14.1 Å². The van der Waals surface area contributed by atoms with Crippen molar-refractivity contribution in [3.63, 3.8) is 0 Å². The molecular formula is C13H20FNO2. The van der Waals surface area contributed by atoms with E-state index >= 15 is 0 Å². The molecule has 1 aromatic carbocycles. The summed E-state index contributed by atoms with van der Waals surface area (Å²) in [5.41, 5.74) is 0.497. The van der Waals surface area contributed by atoms with Crippen LogP contribution in [0.2, 0.25) is 0 Å². The Labute approximate surface area is 102 Å². The second kappa shape index (κ2) is 19.7. The number of halogens is 1. The van der Waals surface area contributed by atoms with Crippen molar-refractivity contribution in [3.05, 3.63) is 48.8 Å². The molecule has 0 heterocycles. The van der Waals surface area contributed by atoms with Gasteiger partial charge in [0.05, 0.1) is 0 Å². The monoisotopic (exact) mass is 241 g/mol. The first-order chi connectivity index (χ1) is 8.15. The van der Waals surface area contributed by atoms with Gasteiger partial charge in [0.2, 0.25) is 0 Å². The summed E-state index contributed by atoms with van der Waals surface area (Å²) < 4.78 is 12.1. The quantitative estimate of drug-likeness (QED) is 0.607. The first-order valence-corrected chi connectivity index (χ1v) is 4.85. The van der Waals surface area contributed by atoms with E-state index in [1.54, 1.807) is 0 Å². The zero-order valence-electron chi connectivity index (χ0n) is 10.6. The molecule has 0 unspecified atom stereocenters. The van der Waals surface area contributed by atoms with E-state index in [0.29, 0.717) is 11.8 Å². The summed E-state index contributed by atoms with van der Waals surface area (Å²) in [5.74, 6) is -0.319. The highest BCUT2D eigenvalue weighted by Gasteiger charge is 1.87. The van der Waals surface area contributed by atoms with Gasteiger partial charge >= 0.3 is 0 Å². The highest BCUT2D eigenvalue weighted by Crippen LogP contribution is 1.98. The zero-order valence-corrected chi connectivity index (χ0v) is 10.6. The van der Waals surface area contributed by atoms with Crippen LogP contribution in [0.1, 0.15) is 17.3 Å². The van der Waals surface area contributed by atoms with Gasteiger partial charge in [0.25, 0.3) is 0 Å². The van der Waals surface area contributed by atoms with Gasteiger partial charge in [-0.1, -0.05) is 0 Å². The van der Waals surface area contributed by atoms with Gasteiger partial charge in [-0.2, -0.15) is 0 Å². The molecule has 3 nitrogen and oxygen atoms in total. The summed E-state index contributed by atoms with van der Waals surface area (Å²) in [6.07, 6.45) is 1.43. The Hall–Kier alpha value is -1.81. The lowest BCUT2D eigenvalue weighted by atomic mass is 10.2. The summed E-state index contributed by atoms with van der Waals surface area (Å²) in [7, 11) is 3.75. The maximum atomic E-state index is 12.1. The number of rotatable bonds is 1. The molecule has 0 aliphatic rings. The molecule has 4 heteroatoms. The summed E-state index contributed by atoms with van der Waals surface area (Å²) >= 11 is 0. The number of benzene rings is 1. The van der Waals surface area contributed by atoms with Crippen LogP contribution in [0.15, 0.2) is 37.4 Å². The third-order valence-electron chi connectivity index (χ3n) is 1.01. The number of hydrogen-bond donors (Lipinski definition) is 1. The smallest absolute Gasteiger partial charge is 0.150 e. The Bertz CT molecular complexity index is 273. The van der Waals surface area contributed by atoms with E-state index in [1.807, 2.05) is 14.1 Å². The van der Waals surface area contributed by atoms with Crippen LogP contribution in [-0.4, -0.2) is 26.7 Å². The fraction of sp³-hybridized carbons (Fsp3) is 0.231. The topological polar surface area (TPSA) is 46.2 Å². The van der Waals surface area contributed by atoms with Crippen molar-refractivity contribution >= 4 is 12.6 Å². The van der Waals surface area contributed by atoms with E-state index in [2.05, 4.69) is 18.5 Å². The normalized spacial score (nSPS) is 6.82. The molecule has 0 bridgehead atoms. The molecule has 0 atom stereocenters. The lowest BCUT2D eigenvalue weighted by Gasteiger charge is -1.86. The highest BCUT2D eigenvalue weighted by atomic mass is 19.1. The minimum atomic E-state index is -0.319. The molecule has 0 aliphatic heterocycles. The van der Waals surface area contributed by atoms with Crippen LogP contribution in [-0.2, 0) is 4.79 Å². The van der Waals surface area contributed by atoms with Gasteiger partial charge in [0, 0.05) is 5.56 Å². The molecule has 17 heavy (non-hydrogen) atoms. The van der Waals surface area contributed by atoms with E-state index in [0.717, 1.165) is 6.29 Å². The summed E-state index contributed by atoms with van der Waals surface area (Å²) in [5, 5.41) is 2.75. The molecule has 0 radical (unpaired) electrons. The van der Waals surface area contributed by atoms with Gasteiger partial charge in [-0.25, -0.2) is 4.39 Å². The van der Waals surface area contributed by atoms with Gasteiger partial charge in [-0.05, 0) is 45.3 Å². The molecule has 0 spiro atoms. The minimum Gasteiger partial charge on any atom is -0.323 e. The number of nitrogens with one attached hydrogen (secondary N) is 1. The Kier molecular flexibility index (Phi) is 23.9. The minimum absolute atomic E-state index is 0.319. The molecule has 96 valence electrons. The van der Waals surface area contributed by atoms with Crippen LogP contribution >= 0.6 is 0 Å². The van der Waals surface area contributed by atoms with Crippen LogP contribution in [0.4, 0.5) is 4.39 Å². The number of carbonyl (C=O) groups excluding carboxylic acids is 2. The van der Waals surface area contributed by atoms with Gasteiger partial charge in [0.1, 0.15) is 18.4 Å². The highest BCUT2D eigenvalue weighted by molar-refractivity contribution is 5.74. The van der Waals surface area contributed by atoms with E-state index < -0.39 is 0 Å². The zero-order chi connectivity index (χ0) is 14.1. The third kappa shape index (κ3) is 20.3. The molecule has 1 rings (SSSR count). The van der Waals surface area contributed by atoms with Crippen molar-refractivity contribution < 1.29 is 14.0 Å². The van der Waals surface area contributed by atoms with Gasteiger partial charge in [-0.15, -0.1) is 13.2 Å². The molecular weight excluding hydrogens is 221 g/mol. The fourth-order valence-corrected chi connectivity index (χ4v) is 0.541. The second-order valence-electron chi connectivity index (χ2n) is 2.41. The van der Waals surface area contributed by atoms with E-state index in [9.17, 15) is 9.18 Å². The molecule has 0 saturated heterocycles. The molecule has 0 fully saturated rings. The van der Waals surface area contributed by atoms with Crippen LogP contribution in [0, 0.1) is 5.82 Å². The lowest BCUT2D eigenvalue weighted by Crippen LogP contribution is -1.89. The van der Waals surface area contributed by atoms with E-state index in [-0.39, 0.29) is 5.82 Å². The number of carbonyl (C=O) groups is 2. The molecule has 1 N–H and O–H groups in total. The van der Waals surface area contributed by atoms with Crippen molar-refractivity contribution in [2.45, 2.75) is 6.92 Å². The summed E-state index contributed by atoms with van der Waals surface area (Å²) in [6, 6.07) is 5.37. The Morgan fingerprint density at radius 2 is 1.41 bits per heavy atom. The Morgan fingerprint density at radius 1 is 1.12 bits per heavy atom. The van der Waals surface area contributed by atoms with Crippen molar-refractivity contribution in [1.82, 2.24) is 5.32 Å². The van der Waals surface area contributed by atoms with Crippen molar-refractivity contribution in [3.8, 4) is 0 Å². The average Bonchev–Trinajstić information content (AvgIpc) is 2.35. The Balaban J connectivity index is -0.000000207. The fourth-order valence-electron chi connectivity index (χ4n) is 0.541. The van der Waals surface area contributed by atoms with Crippen molar-refractivity contribution in [1.29, 1.82) is 0 Å². The van der Waals surface area contributed by atoms with Crippen LogP contribution < -0.4 is 5.32 Å². The molecule has 0 saturated carbocycles. The summed E-state index contributed by atoms with van der Waals surface area (Å²) in [4.78, 5) is 18.8. The van der Waals surface area contributed by atoms with Crippen LogP contribution in [0.25, 0.3) is 0 Å². The first kappa shape index (κ1) is 20.6. The Morgan fingerprint density at radius 3 is 1.65 bits per heavy atom. The van der Waals surface area contributed by atoms with Gasteiger partial charge in [-0.3, -0.25) is 4.79 Å². The largest absolute Gasteiger partial charge is 0.323 e. The van der Waals surface area contributed by atoms with Crippen LogP contribution in [0.5, 0.6) is 0 Å². The molecule has 0 amide bonds. The van der Waals surface area contributed by atoms with Gasteiger partial charge < -0.3 is 10.1 Å². The van der Waals surface area contributed by atoms with E-state index in [1.165, 1.54) is 31.2 Å². The maximum absolute atomic E-state index is 12.1. The molecule has 1 aromatic rings. The SMILES string of the molecule is C=C.CC=O.CNC.O=Cc1ccc(F)cc1. The van der Waals surface area contributed by atoms with Crippen LogP contribution in [0.3, 0.4) is 0 Å². The van der Waals surface area contributed by atoms with Gasteiger partial charge in [0.15, 0.2) is 0 Å². The second-order valence-corrected chi connectivity index (χ2v) is 2.41. The average molecular weight is 241 g/mol. The predicted octanol–water partition coefficient (Wildman–Crippen LogP) is 2.48. The first-order valence-electron chi connectivity index (χ1n) is 4.85. The van der Waals surface area contributed by atoms with E-state index in [4.69, 9.17) is 4.79 Å². The standard InChI is InChI=1S/C7H5FO.C2H7N.C2H4O.C2H4/c8-7-3-1-6(5-9)2-4-7;1-3-2;1-2-3;1-2/h1-5H;3H,1-2H3;2H,1H3;1-2H2. The number of hydrogen-bond acceptors (Lipinski definition) is 3. The maximum Gasteiger partial charge on any atom is 0.150 e. The number of aldehydes is 2. The summed E-state index contributed by atoms with van der Waals surface area (Å²) in [6.45, 7) is 7.44. The predicted molar refractivity (Wildman–Crippen MR) is 69.8 cm³/mol. The molecule has 0 aliphatic carbocycles. The molecule has 0 aromatic heterocycles.